The fourth-order valence-corrected chi connectivity index (χ4v) is 4.98. The van der Waals surface area contributed by atoms with Crippen molar-refractivity contribution in [2.24, 2.45) is 0 Å². The molecule has 0 unspecified atom stereocenters. The number of nitrogens with zero attached hydrogens (tertiary/aromatic N) is 4. The molecule has 2 aromatic rings. The Hall–Kier alpha value is -2.19. The number of hydrogen-bond acceptors (Lipinski definition) is 6. The second-order valence-electron chi connectivity index (χ2n) is 8.04. The standard InChI is InChI=1S/C20H23ClFN5O2/c21-13-11-15(22)17(23-12-13)26-5-3-20(4-6-26)2-1-14-16(20)24-19(25-18(14)28)27-7-9-29-10-8-27/h11-12H,1-10H2,(H,24,25,28). The Bertz CT molecular complexity index is 983. The summed E-state index contributed by atoms with van der Waals surface area (Å²) in [4.78, 5) is 28.9. The summed E-state index contributed by atoms with van der Waals surface area (Å²) in [7, 11) is 0. The number of pyridine rings is 1. The number of morpholine rings is 1. The van der Waals surface area contributed by atoms with E-state index in [1.54, 1.807) is 0 Å². The number of aromatic amines is 1. The molecule has 5 rings (SSSR count). The highest BCUT2D eigenvalue weighted by atomic mass is 35.5. The molecule has 0 bridgehead atoms. The SMILES string of the molecule is O=c1[nH]c(N2CCOCC2)nc2c1CCC21CCN(c2ncc(Cl)cc2F)CC1. The molecule has 3 aliphatic rings. The lowest BCUT2D eigenvalue weighted by Crippen LogP contribution is -2.43. The van der Waals surface area contributed by atoms with Gasteiger partial charge in [-0.3, -0.25) is 9.78 Å². The summed E-state index contributed by atoms with van der Waals surface area (Å²) in [6, 6.07) is 1.30. The number of fused-ring (bicyclic) bond motifs is 2. The molecule has 2 fully saturated rings. The van der Waals surface area contributed by atoms with E-state index in [0.717, 1.165) is 50.0 Å². The lowest BCUT2D eigenvalue weighted by atomic mass is 9.76. The molecule has 7 nitrogen and oxygen atoms in total. The van der Waals surface area contributed by atoms with Gasteiger partial charge in [0.1, 0.15) is 0 Å². The van der Waals surface area contributed by atoms with Gasteiger partial charge in [0.25, 0.3) is 5.56 Å². The molecule has 2 saturated heterocycles. The molecular formula is C20H23ClFN5O2. The number of aromatic nitrogens is 3. The average Bonchev–Trinajstić information content (AvgIpc) is 3.08. The van der Waals surface area contributed by atoms with E-state index in [1.807, 2.05) is 4.90 Å². The van der Waals surface area contributed by atoms with Crippen LogP contribution in [0.1, 0.15) is 30.5 Å². The van der Waals surface area contributed by atoms with Crippen molar-refractivity contribution < 1.29 is 9.13 Å². The first kappa shape index (κ1) is 18.8. The van der Waals surface area contributed by atoms with Crippen LogP contribution in [-0.4, -0.2) is 54.3 Å². The van der Waals surface area contributed by atoms with Crippen LogP contribution >= 0.6 is 11.6 Å². The molecule has 1 aliphatic carbocycles. The zero-order valence-corrected chi connectivity index (χ0v) is 16.8. The molecule has 1 spiro atoms. The maximum Gasteiger partial charge on any atom is 0.255 e. The molecule has 0 radical (unpaired) electrons. The van der Waals surface area contributed by atoms with Gasteiger partial charge in [-0.2, -0.15) is 0 Å². The van der Waals surface area contributed by atoms with E-state index in [9.17, 15) is 9.18 Å². The molecule has 29 heavy (non-hydrogen) atoms. The molecule has 2 aromatic heterocycles. The lowest BCUT2D eigenvalue weighted by Gasteiger charge is -2.40. The van der Waals surface area contributed by atoms with Crippen LogP contribution in [0.25, 0.3) is 0 Å². The molecule has 0 saturated carbocycles. The molecule has 1 N–H and O–H groups in total. The van der Waals surface area contributed by atoms with Gasteiger partial charge in [0, 0.05) is 43.4 Å². The Kier molecular flexibility index (Phi) is 4.70. The summed E-state index contributed by atoms with van der Waals surface area (Å²) in [5.74, 6) is 0.589. The third-order valence-corrected chi connectivity index (χ3v) is 6.68. The summed E-state index contributed by atoms with van der Waals surface area (Å²) in [6.45, 7) is 4.08. The number of piperidine rings is 1. The lowest BCUT2D eigenvalue weighted by molar-refractivity contribution is 0.122. The van der Waals surface area contributed by atoms with E-state index < -0.39 is 5.82 Å². The van der Waals surface area contributed by atoms with Crippen molar-refractivity contribution in [2.75, 3.05) is 49.2 Å². The highest BCUT2D eigenvalue weighted by Crippen LogP contribution is 2.45. The van der Waals surface area contributed by atoms with Crippen LogP contribution < -0.4 is 15.4 Å². The highest BCUT2D eigenvalue weighted by Gasteiger charge is 2.44. The molecule has 154 valence electrons. The number of H-pyrrole nitrogens is 1. The second-order valence-corrected chi connectivity index (χ2v) is 8.48. The average molecular weight is 420 g/mol. The van der Waals surface area contributed by atoms with E-state index in [0.29, 0.717) is 43.1 Å². The number of rotatable bonds is 2. The number of halogens is 2. The predicted molar refractivity (Wildman–Crippen MR) is 109 cm³/mol. The topological polar surface area (TPSA) is 74.3 Å². The van der Waals surface area contributed by atoms with E-state index >= 15 is 0 Å². The molecule has 0 atom stereocenters. The molecule has 9 heteroatoms. The number of hydrogen-bond donors (Lipinski definition) is 1. The van der Waals surface area contributed by atoms with Crippen LogP contribution in [-0.2, 0) is 16.6 Å². The molecule has 2 aliphatic heterocycles. The minimum Gasteiger partial charge on any atom is -0.378 e. The van der Waals surface area contributed by atoms with Crippen LogP contribution in [0.5, 0.6) is 0 Å². The molecule has 4 heterocycles. The first-order chi connectivity index (χ1) is 14.1. The number of anilines is 2. The third kappa shape index (κ3) is 3.28. The van der Waals surface area contributed by atoms with Gasteiger partial charge in [-0.05, 0) is 31.7 Å². The first-order valence-corrected chi connectivity index (χ1v) is 10.5. The van der Waals surface area contributed by atoms with Crippen LogP contribution in [0.15, 0.2) is 17.1 Å². The monoisotopic (exact) mass is 419 g/mol. The van der Waals surface area contributed by atoms with Gasteiger partial charge in [-0.1, -0.05) is 11.6 Å². The van der Waals surface area contributed by atoms with E-state index in [1.165, 1.54) is 12.3 Å². The Morgan fingerprint density at radius 3 is 2.62 bits per heavy atom. The van der Waals surface area contributed by atoms with Crippen molar-refractivity contribution in [1.82, 2.24) is 15.0 Å². The van der Waals surface area contributed by atoms with Crippen LogP contribution in [0, 0.1) is 5.82 Å². The van der Waals surface area contributed by atoms with E-state index in [4.69, 9.17) is 21.3 Å². The summed E-state index contributed by atoms with van der Waals surface area (Å²) in [6.07, 6.45) is 4.78. The fraction of sp³-hybridized carbons (Fsp3) is 0.550. The van der Waals surface area contributed by atoms with Crippen molar-refractivity contribution in [2.45, 2.75) is 31.1 Å². The van der Waals surface area contributed by atoms with Crippen molar-refractivity contribution >= 4 is 23.4 Å². The smallest absolute Gasteiger partial charge is 0.255 e. The van der Waals surface area contributed by atoms with Gasteiger partial charge < -0.3 is 14.5 Å². The Morgan fingerprint density at radius 2 is 1.90 bits per heavy atom. The molecular weight excluding hydrogens is 397 g/mol. The highest BCUT2D eigenvalue weighted by molar-refractivity contribution is 6.30. The van der Waals surface area contributed by atoms with Crippen molar-refractivity contribution in [3.05, 3.63) is 44.7 Å². The quantitative estimate of drug-likeness (QED) is 0.805. The Labute approximate surface area is 172 Å². The maximum absolute atomic E-state index is 14.3. The van der Waals surface area contributed by atoms with Gasteiger partial charge in [-0.15, -0.1) is 0 Å². The third-order valence-electron chi connectivity index (χ3n) is 6.48. The van der Waals surface area contributed by atoms with Crippen LogP contribution in [0.4, 0.5) is 16.2 Å². The molecule has 0 amide bonds. The fourth-order valence-electron chi connectivity index (χ4n) is 4.84. The summed E-state index contributed by atoms with van der Waals surface area (Å²) in [5.41, 5.74) is 1.60. The van der Waals surface area contributed by atoms with E-state index in [-0.39, 0.29) is 11.0 Å². The van der Waals surface area contributed by atoms with Crippen LogP contribution in [0.2, 0.25) is 5.02 Å². The summed E-state index contributed by atoms with van der Waals surface area (Å²) < 4.78 is 19.7. The second kappa shape index (κ2) is 7.25. The van der Waals surface area contributed by atoms with Crippen molar-refractivity contribution in [3.8, 4) is 0 Å². The maximum atomic E-state index is 14.3. The Balaban J connectivity index is 1.41. The van der Waals surface area contributed by atoms with Gasteiger partial charge in [0.2, 0.25) is 5.95 Å². The minimum absolute atomic E-state index is 0.0267. The van der Waals surface area contributed by atoms with Gasteiger partial charge >= 0.3 is 0 Å². The van der Waals surface area contributed by atoms with Gasteiger partial charge in [-0.25, -0.2) is 14.4 Å². The number of ether oxygens (including phenoxy) is 1. The van der Waals surface area contributed by atoms with Gasteiger partial charge in [0.05, 0.1) is 23.9 Å². The number of nitrogens with one attached hydrogen (secondary N) is 1. The van der Waals surface area contributed by atoms with Crippen LogP contribution in [0.3, 0.4) is 0 Å². The summed E-state index contributed by atoms with van der Waals surface area (Å²) in [5, 5.41) is 0.295. The van der Waals surface area contributed by atoms with Crippen molar-refractivity contribution in [3.63, 3.8) is 0 Å². The predicted octanol–water partition coefficient (Wildman–Crippen LogP) is 2.28. The summed E-state index contributed by atoms with van der Waals surface area (Å²) >= 11 is 5.83. The zero-order valence-electron chi connectivity index (χ0n) is 16.1. The normalized spacial score (nSPS) is 20.9. The zero-order chi connectivity index (χ0) is 20.0. The molecule has 0 aromatic carbocycles. The van der Waals surface area contributed by atoms with Crippen molar-refractivity contribution in [1.29, 1.82) is 0 Å². The Morgan fingerprint density at radius 1 is 1.14 bits per heavy atom. The largest absolute Gasteiger partial charge is 0.378 e. The van der Waals surface area contributed by atoms with Gasteiger partial charge in [0.15, 0.2) is 11.6 Å². The minimum atomic E-state index is -0.399. The first-order valence-electron chi connectivity index (χ1n) is 10.1. The van der Waals surface area contributed by atoms with E-state index in [2.05, 4.69) is 14.9 Å².